The summed E-state index contributed by atoms with van der Waals surface area (Å²) in [7, 11) is 0. The average Bonchev–Trinajstić information content (AvgIpc) is 3.16. The zero-order chi connectivity index (χ0) is 21.4. The van der Waals surface area contributed by atoms with Crippen molar-refractivity contribution in [2.75, 3.05) is 0 Å². The predicted molar refractivity (Wildman–Crippen MR) is 117 cm³/mol. The molecule has 5 rings (SSSR count). The number of rotatable bonds is 5. The number of halogens is 1. The van der Waals surface area contributed by atoms with Crippen molar-refractivity contribution in [1.29, 1.82) is 0 Å². The summed E-state index contributed by atoms with van der Waals surface area (Å²) in [5.74, 6) is -0.635. The molecule has 0 saturated carbocycles. The first-order valence-electron chi connectivity index (χ1n) is 9.75. The van der Waals surface area contributed by atoms with Gasteiger partial charge in [-0.15, -0.1) is 0 Å². The molecule has 0 saturated heterocycles. The minimum atomic E-state index is -1.08. The van der Waals surface area contributed by atoms with Crippen LogP contribution in [0.15, 0.2) is 89.3 Å². The molecule has 0 fully saturated rings. The Morgan fingerprint density at radius 1 is 0.903 bits per heavy atom. The van der Waals surface area contributed by atoms with Crippen LogP contribution in [0.25, 0.3) is 33.1 Å². The maximum atomic E-state index is 13.4. The Balaban J connectivity index is 1.55. The number of ether oxygens (including phenoxy) is 1. The molecule has 0 spiro atoms. The molecule has 0 aliphatic rings. The molecule has 5 aromatic rings. The lowest BCUT2D eigenvalue weighted by Gasteiger charge is -2.06. The van der Waals surface area contributed by atoms with Crippen molar-refractivity contribution in [2.24, 2.45) is 0 Å². The first-order valence-corrected chi connectivity index (χ1v) is 9.75. The molecule has 1 N–H and O–H groups in total. The van der Waals surface area contributed by atoms with Crippen molar-refractivity contribution in [2.45, 2.75) is 6.61 Å². The molecule has 152 valence electrons. The van der Waals surface area contributed by atoms with E-state index in [1.165, 1.54) is 12.1 Å². The Kier molecular flexibility index (Phi) is 4.64. The second-order valence-corrected chi connectivity index (χ2v) is 7.25. The van der Waals surface area contributed by atoms with E-state index in [1.807, 2.05) is 42.5 Å². The molecule has 0 aliphatic heterocycles. The lowest BCUT2D eigenvalue weighted by atomic mass is 10.0. The van der Waals surface area contributed by atoms with Crippen LogP contribution in [0.3, 0.4) is 0 Å². The second-order valence-electron chi connectivity index (χ2n) is 7.25. The molecule has 0 amide bonds. The van der Waals surface area contributed by atoms with Gasteiger partial charge in [0, 0.05) is 10.9 Å². The van der Waals surface area contributed by atoms with Gasteiger partial charge in [0.25, 0.3) is 0 Å². The molecule has 4 nitrogen and oxygen atoms in total. The van der Waals surface area contributed by atoms with Gasteiger partial charge in [0.2, 0.25) is 0 Å². The fourth-order valence-electron chi connectivity index (χ4n) is 3.71. The molecule has 0 unspecified atom stereocenters. The Hall–Kier alpha value is -4.12. The van der Waals surface area contributed by atoms with E-state index in [-0.39, 0.29) is 18.0 Å². The van der Waals surface area contributed by atoms with Crippen LogP contribution in [0.1, 0.15) is 15.9 Å². The molecule has 5 heteroatoms. The van der Waals surface area contributed by atoms with Gasteiger partial charge >= 0.3 is 5.97 Å². The second kappa shape index (κ2) is 7.61. The summed E-state index contributed by atoms with van der Waals surface area (Å²) in [6.07, 6.45) is 0. The molecule has 0 aliphatic carbocycles. The highest BCUT2D eigenvalue weighted by Gasteiger charge is 2.22. The third-order valence-electron chi connectivity index (χ3n) is 5.18. The number of furan rings is 1. The van der Waals surface area contributed by atoms with Gasteiger partial charge in [-0.25, -0.2) is 9.18 Å². The van der Waals surface area contributed by atoms with Crippen molar-refractivity contribution in [3.63, 3.8) is 0 Å². The maximum absolute atomic E-state index is 13.4. The first-order chi connectivity index (χ1) is 15.1. The lowest BCUT2D eigenvalue weighted by Crippen LogP contribution is -1.98. The van der Waals surface area contributed by atoms with Gasteiger partial charge in [-0.3, -0.25) is 0 Å². The van der Waals surface area contributed by atoms with E-state index >= 15 is 0 Å². The average molecular weight is 412 g/mol. The molecule has 1 heterocycles. The molecular formula is C26H17FO4. The Labute approximate surface area is 177 Å². The predicted octanol–water partition coefficient (Wildman–Crippen LogP) is 6.67. The van der Waals surface area contributed by atoms with E-state index in [0.717, 1.165) is 10.8 Å². The SMILES string of the molecule is O=C(O)c1c(-c2ccc3ccccc3c2)oc2ccc(OCc3cccc(F)c3)cc12. The van der Waals surface area contributed by atoms with E-state index in [0.29, 0.717) is 33.6 Å². The quantitative estimate of drug-likeness (QED) is 0.350. The number of fused-ring (bicyclic) bond motifs is 2. The van der Waals surface area contributed by atoms with E-state index in [2.05, 4.69) is 0 Å². The third kappa shape index (κ3) is 3.62. The molecule has 0 radical (unpaired) electrons. The Morgan fingerprint density at radius 2 is 1.74 bits per heavy atom. The van der Waals surface area contributed by atoms with Crippen LogP contribution < -0.4 is 4.74 Å². The first kappa shape index (κ1) is 18.9. The fraction of sp³-hybridized carbons (Fsp3) is 0.0385. The topological polar surface area (TPSA) is 59.7 Å². The van der Waals surface area contributed by atoms with Crippen LogP contribution in [-0.2, 0) is 6.61 Å². The molecule has 1 aromatic heterocycles. The van der Waals surface area contributed by atoms with Crippen LogP contribution in [0.4, 0.5) is 4.39 Å². The van der Waals surface area contributed by atoms with Crippen molar-refractivity contribution in [3.8, 4) is 17.1 Å². The van der Waals surface area contributed by atoms with Gasteiger partial charge in [0.05, 0.1) is 0 Å². The zero-order valence-corrected chi connectivity index (χ0v) is 16.3. The summed E-state index contributed by atoms with van der Waals surface area (Å²) in [5, 5.41) is 12.4. The van der Waals surface area contributed by atoms with Crippen molar-refractivity contribution in [1.82, 2.24) is 0 Å². The summed E-state index contributed by atoms with van der Waals surface area (Å²) in [6.45, 7) is 0.168. The van der Waals surface area contributed by atoms with Gasteiger partial charge in [0.15, 0.2) is 0 Å². The standard InChI is InChI=1S/C26H17FO4/c27-20-7-3-4-16(12-20)15-30-21-10-11-23-22(14-21)24(26(28)29)25(31-23)19-9-8-17-5-1-2-6-18(17)13-19/h1-14H,15H2,(H,28,29). The van der Waals surface area contributed by atoms with Gasteiger partial charge in [-0.1, -0.05) is 48.5 Å². The minimum absolute atomic E-state index is 0.0847. The van der Waals surface area contributed by atoms with E-state index < -0.39 is 5.97 Å². The smallest absolute Gasteiger partial charge is 0.340 e. The summed E-state index contributed by atoms with van der Waals surface area (Å²) in [6, 6.07) is 24.8. The lowest BCUT2D eigenvalue weighted by molar-refractivity contribution is 0.0699. The molecular weight excluding hydrogens is 395 g/mol. The van der Waals surface area contributed by atoms with E-state index in [4.69, 9.17) is 9.15 Å². The van der Waals surface area contributed by atoms with Crippen LogP contribution in [0.5, 0.6) is 5.75 Å². The summed E-state index contributed by atoms with van der Waals surface area (Å²) >= 11 is 0. The molecule has 0 atom stereocenters. The largest absolute Gasteiger partial charge is 0.489 e. The number of carbonyl (C=O) groups is 1. The van der Waals surface area contributed by atoms with E-state index in [9.17, 15) is 14.3 Å². The number of hydrogen-bond donors (Lipinski definition) is 1. The normalized spacial score (nSPS) is 11.1. The number of carboxylic acid groups (broad SMARTS) is 1. The summed E-state index contributed by atoms with van der Waals surface area (Å²) in [5.41, 5.74) is 1.91. The highest BCUT2D eigenvalue weighted by molar-refractivity contribution is 6.08. The fourth-order valence-corrected chi connectivity index (χ4v) is 3.71. The Bertz CT molecular complexity index is 1430. The monoisotopic (exact) mass is 412 g/mol. The highest BCUT2D eigenvalue weighted by atomic mass is 19.1. The van der Waals surface area contributed by atoms with Crippen molar-refractivity contribution < 1.29 is 23.4 Å². The summed E-state index contributed by atoms with van der Waals surface area (Å²) < 4.78 is 25.1. The number of aromatic carboxylic acids is 1. The van der Waals surface area contributed by atoms with Crippen molar-refractivity contribution >= 4 is 27.7 Å². The minimum Gasteiger partial charge on any atom is -0.489 e. The van der Waals surface area contributed by atoms with Crippen molar-refractivity contribution in [3.05, 3.63) is 102 Å². The number of carboxylic acids is 1. The zero-order valence-electron chi connectivity index (χ0n) is 16.3. The van der Waals surface area contributed by atoms with Crippen LogP contribution in [-0.4, -0.2) is 11.1 Å². The molecule has 0 bridgehead atoms. The highest BCUT2D eigenvalue weighted by Crippen LogP contribution is 2.36. The number of hydrogen-bond acceptors (Lipinski definition) is 3. The maximum Gasteiger partial charge on any atom is 0.340 e. The Morgan fingerprint density at radius 3 is 2.55 bits per heavy atom. The van der Waals surface area contributed by atoms with Gasteiger partial charge in [-0.05, 0) is 52.7 Å². The van der Waals surface area contributed by atoms with Gasteiger partial charge in [0.1, 0.15) is 35.1 Å². The molecule has 4 aromatic carbocycles. The van der Waals surface area contributed by atoms with Gasteiger partial charge in [-0.2, -0.15) is 0 Å². The van der Waals surface area contributed by atoms with Gasteiger partial charge < -0.3 is 14.3 Å². The number of benzene rings is 4. The van der Waals surface area contributed by atoms with Crippen LogP contribution in [0, 0.1) is 5.82 Å². The van der Waals surface area contributed by atoms with E-state index in [1.54, 1.807) is 30.3 Å². The van der Waals surface area contributed by atoms with Crippen LogP contribution >= 0.6 is 0 Å². The molecule has 31 heavy (non-hydrogen) atoms. The summed E-state index contributed by atoms with van der Waals surface area (Å²) in [4.78, 5) is 12.1. The third-order valence-corrected chi connectivity index (χ3v) is 5.18. The van der Waals surface area contributed by atoms with Crippen LogP contribution in [0.2, 0.25) is 0 Å².